The standard InChI is InChI=1S/C15H25N3O2/c1-8(2)15(6,7-16)18-14(20)13-9(3)12(11(5)19)10(4)17-13/h8,17H,7,16H2,1-6H3,(H,18,20). The first kappa shape index (κ1) is 16.4. The molecule has 0 radical (unpaired) electrons. The third kappa shape index (κ3) is 2.93. The van der Waals surface area contributed by atoms with E-state index in [4.69, 9.17) is 5.73 Å². The van der Waals surface area contributed by atoms with Crippen LogP contribution in [0.1, 0.15) is 59.8 Å². The number of amides is 1. The molecule has 20 heavy (non-hydrogen) atoms. The number of Topliss-reactive ketones (excluding diaryl/α,β-unsaturated/α-hetero) is 1. The number of hydrogen-bond acceptors (Lipinski definition) is 3. The maximum absolute atomic E-state index is 12.4. The zero-order valence-electron chi connectivity index (χ0n) is 13.2. The molecule has 0 saturated carbocycles. The lowest BCUT2D eigenvalue weighted by atomic mass is 9.88. The average Bonchev–Trinajstić information content (AvgIpc) is 2.64. The molecular weight excluding hydrogens is 254 g/mol. The number of aromatic nitrogens is 1. The molecule has 1 unspecified atom stereocenters. The number of nitrogens with two attached hydrogens (primary N) is 1. The third-order valence-electron chi connectivity index (χ3n) is 4.11. The van der Waals surface area contributed by atoms with Crippen LogP contribution < -0.4 is 11.1 Å². The van der Waals surface area contributed by atoms with Gasteiger partial charge >= 0.3 is 0 Å². The van der Waals surface area contributed by atoms with E-state index in [-0.39, 0.29) is 17.6 Å². The van der Waals surface area contributed by atoms with E-state index in [1.807, 2.05) is 20.8 Å². The Morgan fingerprint density at radius 2 is 1.90 bits per heavy atom. The minimum atomic E-state index is -0.473. The van der Waals surface area contributed by atoms with Crippen molar-refractivity contribution in [2.24, 2.45) is 11.7 Å². The summed E-state index contributed by atoms with van der Waals surface area (Å²) in [4.78, 5) is 27.0. The third-order valence-corrected chi connectivity index (χ3v) is 4.11. The monoisotopic (exact) mass is 279 g/mol. The molecule has 1 amide bonds. The summed E-state index contributed by atoms with van der Waals surface area (Å²) in [5.74, 6) is -0.0550. The molecule has 4 N–H and O–H groups in total. The van der Waals surface area contributed by atoms with Gasteiger partial charge in [-0.3, -0.25) is 9.59 Å². The quantitative estimate of drug-likeness (QED) is 0.720. The van der Waals surface area contributed by atoms with E-state index in [1.165, 1.54) is 6.92 Å². The number of hydrogen-bond donors (Lipinski definition) is 3. The molecule has 1 aromatic rings. The Morgan fingerprint density at radius 3 is 2.25 bits per heavy atom. The van der Waals surface area contributed by atoms with Gasteiger partial charge in [0.2, 0.25) is 0 Å². The molecule has 112 valence electrons. The summed E-state index contributed by atoms with van der Waals surface area (Å²) in [6.07, 6.45) is 0. The minimum absolute atomic E-state index is 0.0410. The fraction of sp³-hybridized carbons (Fsp3) is 0.600. The Kier molecular flexibility index (Phi) is 4.76. The second-order valence-electron chi connectivity index (χ2n) is 5.91. The van der Waals surface area contributed by atoms with Crippen LogP contribution in [-0.4, -0.2) is 28.8 Å². The highest BCUT2D eigenvalue weighted by atomic mass is 16.2. The molecular formula is C15H25N3O2. The molecule has 0 fully saturated rings. The normalized spacial score (nSPS) is 14.2. The summed E-state index contributed by atoms with van der Waals surface area (Å²) >= 11 is 0. The van der Waals surface area contributed by atoms with Crippen molar-refractivity contribution in [2.45, 2.75) is 47.1 Å². The number of aromatic amines is 1. The molecule has 1 heterocycles. The van der Waals surface area contributed by atoms with Gasteiger partial charge in [-0.25, -0.2) is 0 Å². The summed E-state index contributed by atoms with van der Waals surface area (Å²) in [5.41, 5.74) is 7.75. The van der Waals surface area contributed by atoms with E-state index in [0.717, 1.165) is 5.69 Å². The number of aryl methyl sites for hydroxylation is 1. The fourth-order valence-corrected chi connectivity index (χ4v) is 2.26. The second kappa shape index (κ2) is 5.79. The molecule has 0 aliphatic heterocycles. The highest BCUT2D eigenvalue weighted by molar-refractivity contribution is 6.02. The molecule has 0 spiro atoms. The summed E-state index contributed by atoms with van der Waals surface area (Å²) in [6.45, 7) is 11.4. The van der Waals surface area contributed by atoms with E-state index in [0.29, 0.717) is 23.4 Å². The maximum Gasteiger partial charge on any atom is 0.268 e. The van der Waals surface area contributed by atoms with Gasteiger partial charge < -0.3 is 16.0 Å². The number of rotatable bonds is 5. The summed E-state index contributed by atoms with van der Waals surface area (Å²) in [7, 11) is 0. The average molecular weight is 279 g/mol. The number of H-pyrrole nitrogens is 1. The van der Waals surface area contributed by atoms with E-state index < -0.39 is 5.54 Å². The van der Waals surface area contributed by atoms with Crippen molar-refractivity contribution in [1.82, 2.24) is 10.3 Å². The molecule has 0 aliphatic carbocycles. The largest absolute Gasteiger partial charge is 0.354 e. The second-order valence-corrected chi connectivity index (χ2v) is 5.91. The first-order valence-electron chi connectivity index (χ1n) is 6.86. The highest BCUT2D eigenvalue weighted by Gasteiger charge is 2.30. The van der Waals surface area contributed by atoms with E-state index in [2.05, 4.69) is 10.3 Å². The lowest BCUT2D eigenvalue weighted by Gasteiger charge is -2.33. The van der Waals surface area contributed by atoms with Gasteiger partial charge in [-0.2, -0.15) is 0 Å². The first-order chi connectivity index (χ1) is 9.14. The minimum Gasteiger partial charge on any atom is -0.354 e. The van der Waals surface area contributed by atoms with E-state index in [9.17, 15) is 9.59 Å². The van der Waals surface area contributed by atoms with Crippen LogP contribution in [0.5, 0.6) is 0 Å². The van der Waals surface area contributed by atoms with Crippen molar-refractivity contribution >= 4 is 11.7 Å². The van der Waals surface area contributed by atoms with Gasteiger partial charge in [0.15, 0.2) is 5.78 Å². The Labute approximate surface area is 120 Å². The Morgan fingerprint density at radius 1 is 1.35 bits per heavy atom. The van der Waals surface area contributed by atoms with Crippen molar-refractivity contribution < 1.29 is 9.59 Å². The van der Waals surface area contributed by atoms with Crippen molar-refractivity contribution in [1.29, 1.82) is 0 Å². The molecule has 1 rings (SSSR count). The van der Waals surface area contributed by atoms with Crippen molar-refractivity contribution in [3.63, 3.8) is 0 Å². The van der Waals surface area contributed by atoms with Gasteiger partial charge in [0.05, 0.1) is 5.54 Å². The topological polar surface area (TPSA) is 88.0 Å². The number of carbonyl (C=O) groups excluding carboxylic acids is 2. The van der Waals surface area contributed by atoms with Crippen LogP contribution in [0.15, 0.2) is 0 Å². The van der Waals surface area contributed by atoms with Crippen LogP contribution in [0.4, 0.5) is 0 Å². The molecule has 0 aromatic carbocycles. The first-order valence-corrected chi connectivity index (χ1v) is 6.86. The summed E-state index contributed by atoms with van der Waals surface area (Å²) in [6, 6.07) is 0. The van der Waals surface area contributed by atoms with Gasteiger partial charge in [-0.15, -0.1) is 0 Å². The van der Waals surface area contributed by atoms with E-state index in [1.54, 1.807) is 13.8 Å². The smallest absolute Gasteiger partial charge is 0.268 e. The Balaban J connectivity index is 3.11. The Bertz CT molecular complexity index is 531. The summed E-state index contributed by atoms with van der Waals surface area (Å²) < 4.78 is 0. The van der Waals surface area contributed by atoms with Gasteiger partial charge in [0, 0.05) is 17.8 Å². The predicted octanol–water partition coefficient (Wildman–Crippen LogP) is 1.94. The van der Waals surface area contributed by atoms with Crippen molar-refractivity contribution in [2.75, 3.05) is 6.54 Å². The van der Waals surface area contributed by atoms with E-state index >= 15 is 0 Å². The zero-order chi connectivity index (χ0) is 15.7. The maximum atomic E-state index is 12.4. The number of ketones is 1. The van der Waals surface area contributed by atoms with Crippen LogP contribution in [-0.2, 0) is 0 Å². The molecule has 5 heteroatoms. The lowest BCUT2D eigenvalue weighted by molar-refractivity contribution is 0.0877. The van der Waals surface area contributed by atoms with Crippen LogP contribution in [0.3, 0.4) is 0 Å². The summed E-state index contributed by atoms with van der Waals surface area (Å²) in [5, 5.41) is 2.97. The molecule has 0 bridgehead atoms. The van der Waals surface area contributed by atoms with Crippen molar-refractivity contribution in [3.8, 4) is 0 Å². The number of nitrogens with one attached hydrogen (secondary N) is 2. The van der Waals surface area contributed by atoms with Crippen LogP contribution in [0, 0.1) is 19.8 Å². The van der Waals surface area contributed by atoms with Gasteiger partial charge in [0.25, 0.3) is 5.91 Å². The molecule has 0 aliphatic rings. The van der Waals surface area contributed by atoms with Gasteiger partial charge in [0.1, 0.15) is 5.69 Å². The molecule has 5 nitrogen and oxygen atoms in total. The SMILES string of the molecule is CC(=O)c1c(C)[nH]c(C(=O)NC(C)(CN)C(C)C)c1C. The molecule has 0 saturated heterocycles. The van der Waals surface area contributed by atoms with Crippen molar-refractivity contribution in [3.05, 3.63) is 22.5 Å². The van der Waals surface area contributed by atoms with Gasteiger partial charge in [-0.05, 0) is 39.2 Å². The zero-order valence-corrected chi connectivity index (χ0v) is 13.2. The predicted molar refractivity (Wildman–Crippen MR) is 80.0 cm³/mol. The Hall–Kier alpha value is -1.62. The highest BCUT2D eigenvalue weighted by Crippen LogP contribution is 2.21. The van der Waals surface area contributed by atoms with Crippen LogP contribution >= 0.6 is 0 Å². The fourth-order valence-electron chi connectivity index (χ4n) is 2.26. The number of carbonyl (C=O) groups is 2. The molecule has 1 aromatic heterocycles. The van der Waals surface area contributed by atoms with Crippen LogP contribution in [0.2, 0.25) is 0 Å². The van der Waals surface area contributed by atoms with Crippen LogP contribution in [0.25, 0.3) is 0 Å². The lowest BCUT2D eigenvalue weighted by Crippen LogP contribution is -2.55. The molecule has 1 atom stereocenters. The van der Waals surface area contributed by atoms with Gasteiger partial charge in [-0.1, -0.05) is 13.8 Å².